The van der Waals surface area contributed by atoms with Crippen LogP contribution in [0.15, 0.2) is 0 Å². The van der Waals surface area contributed by atoms with Gasteiger partial charge in [-0.05, 0) is 6.42 Å². The van der Waals surface area contributed by atoms with E-state index < -0.39 is 24.4 Å². The molecule has 29 heavy (non-hydrogen) atoms. The number of aliphatic hydroxyl groups excluding tert-OH is 3. The van der Waals surface area contributed by atoms with Crippen molar-refractivity contribution in [2.75, 3.05) is 19.8 Å². The molecule has 0 spiro atoms. The maximum atomic E-state index is 9.95. The lowest BCUT2D eigenvalue weighted by atomic mass is 10.0. The normalized spacial score (nSPS) is 23.0. The molecule has 174 valence electrons. The predicted molar refractivity (Wildman–Crippen MR) is 118 cm³/mol. The first-order valence-electron chi connectivity index (χ1n) is 12.4. The SMILES string of the molecule is CCCCCCCCCCCCCCCCCCOC[C@H](O)[C@@H]1OC[C@@H](O)[C@@H]1O. The van der Waals surface area contributed by atoms with E-state index in [0.29, 0.717) is 6.61 Å². The van der Waals surface area contributed by atoms with Gasteiger partial charge in [-0.1, -0.05) is 103 Å². The highest BCUT2D eigenvalue weighted by Gasteiger charge is 2.39. The van der Waals surface area contributed by atoms with Gasteiger partial charge in [0.15, 0.2) is 0 Å². The van der Waals surface area contributed by atoms with Crippen LogP contribution in [0.1, 0.15) is 110 Å². The van der Waals surface area contributed by atoms with Crippen molar-refractivity contribution < 1.29 is 24.8 Å². The Kier molecular flexibility index (Phi) is 17.2. The number of aliphatic hydroxyl groups is 3. The molecule has 3 N–H and O–H groups in total. The topological polar surface area (TPSA) is 79.2 Å². The number of ether oxygens (including phenoxy) is 2. The highest BCUT2D eigenvalue weighted by molar-refractivity contribution is 4.87. The summed E-state index contributed by atoms with van der Waals surface area (Å²) in [5.74, 6) is 0. The summed E-state index contributed by atoms with van der Waals surface area (Å²) >= 11 is 0. The van der Waals surface area contributed by atoms with Gasteiger partial charge in [-0.25, -0.2) is 0 Å². The van der Waals surface area contributed by atoms with Crippen LogP contribution in [0.25, 0.3) is 0 Å². The van der Waals surface area contributed by atoms with Crippen molar-refractivity contribution in [2.45, 2.75) is 134 Å². The molecule has 0 amide bonds. The van der Waals surface area contributed by atoms with Crippen LogP contribution >= 0.6 is 0 Å². The fourth-order valence-electron chi connectivity index (χ4n) is 4.02. The van der Waals surface area contributed by atoms with E-state index in [-0.39, 0.29) is 13.2 Å². The summed E-state index contributed by atoms with van der Waals surface area (Å²) < 4.78 is 10.7. The second kappa shape index (κ2) is 18.6. The molecule has 5 nitrogen and oxygen atoms in total. The molecular weight excluding hydrogens is 368 g/mol. The summed E-state index contributed by atoms with van der Waals surface area (Å²) in [6.07, 6.45) is 18.0. The summed E-state index contributed by atoms with van der Waals surface area (Å²) in [6.45, 7) is 3.12. The maximum Gasteiger partial charge on any atom is 0.114 e. The smallest absolute Gasteiger partial charge is 0.114 e. The quantitative estimate of drug-likeness (QED) is 0.250. The zero-order chi connectivity index (χ0) is 21.2. The predicted octanol–water partition coefficient (Wildman–Crippen LogP) is 4.75. The Morgan fingerprint density at radius 2 is 1.21 bits per heavy atom. The molecule has 1 aliphatic rings. The molecule has 1 heterocycles. The van der Waals surface area contributed by atoms with E-state index in [9.17, 15) is 15.3 Å². The largest absolute Gasteiger partial charge is 0.388 e. The van der Waals surface area contributed by atoms with Gasteiger partial charge < -0.3 is 24.8 Å². The minimum absolute atomic E-state index is 0.0714. The molecule has 1 saturated heterocycles. The van der Waals surface area contributed by atoms with Crippen molar-refractivity contribution in [1.82, 2.24) is 0 Å². The molecule has 1 aliphatic heterocycles. The number of rotatable bonds is 20. The molecule has 0 aromatic heterocycles. The Labute approximate surface area is 179 Å². The van der Waals surface area contributed by atoms with Crippen LogP contribution in [0.4, 0.5) is 0 Å². The standard InChI is InChI=1S/C24H48O5/c1-2-3-4-5-6-7-8-9-10-11-12-13-14-15-16-17-18-28-19-22(26)24-23(27)21(25)20-29-24/h21-27H,2-20H2,1H3/t21-,22+,23+,24+/m1/s1. The van der Waals surface area contributed by atoms with E-state index in [1.807, 2.05) is 0 Å². The third-order valence-corrected chi connectivity index (χ3v) is 6.00. The Morgan fingerprint density at radius 3 is 1.62 bits per heavy atom. The zero-order valence-electron chi connectivity index (χ0n) is 18.9. The lowest BCUT2D eigenvalue weighted by molar-refractivity contribution is -0.0813. The summed E-state index contributed by atoms with van der Waals surface area (Å²) in [6, 6.07) is 0. The van der Waals surface area contributed by atoms with Crippen LogP contribution in [-0.2, 0) is 9.47 Å². The molecule has 1 rings (SSSR count). The monoisotopic (exact) mass is 416 g/mol. The van der Waals surface area contributed by atoms with Crippen molar-refractivity contribution in [3.63, 3.8) is 0 Å². The van der Waals surface area contributed by atoms with Crippen molar-refractivity contribution >= 4 is 0 Å². The van der Waals surface area contributed by atoms with Gasteiger partial charge in [-0.3, -0.25) is 0 Å². The molecule has 0 aliphatic carbocycles. The molecule has 1 fully saturated rings. The molecule has 0 aromatic carbocycles. The minimum atomic E-state index is -1.02. The van der Waals surface area contributed by atoms with Crippen molar-refractivity contribution in [1.29, 1.82) is 0 Å². The Bertz CT molecular complexity index is 352. The summed E-state index contributed by atoms with van der Waals surface area (Å²) in [7, 11) is 0. The summed E-state index contributed by atoms with van der Waals surface area (Å²) in [5.41, 5.74) is 0. The van der Waals surface area contributed by atoms with Gasteiger partial charge in [0.2, 0.25) is 0 Å². The summed E-state index contributed by atoms with van der Waals surface area (Å²) in [4.78, 5) is 0. The van der Waals surface area contributed by atoms with Gasteiger partial charge in [-0.2, -0.15) is 0 Å². The Hall–Kier alpha value is -0.200. The highest BCUT2D eigenvalue weighted by atomic mass is 16.5. The Balaban J connectivity index is 1.74. The number of hydrogen-bond donors (Lipinski definition) is 3. The third-order valence-electron chi connectivity index (χ3n) is 6.00. The van der Waals surface area contributed by atoms with Crippen LogP contribution in [0.2, 0.25) is 0 Å². The summed E-state index contributed by atoms with van der Waals surface area (Å²) in [5, 5.41) is 29.1. The van der Waals surface area contributed by atoms with Gasteiger partial charge in [0.05, 0.1) is 13.2 Å². The van der Waals surface area contributed by atoms with Crippen molar-refractivity contribution in [3.05, 3.63) is 0 Å². The van der Waals surface area contributed by atoms with Crippen LogP contribution in [0.5, 0.6) is 0 Å². The zero-order valence-corrected chi connectivity index (χ0v) is 18.9. The molecule has 5 heteroatoms. The van der Waals surface area contributed by atoms with Gasteiger partial charge in [-0.15, -0.1) is 0 Å². The molecule has 4 atom stereocenters. The Morgan fingerprint density at radius 1 is 0.759 bits per heavy atom. The van der Waals surface area contributed by atoms with E-state index in [2.05, 4.69) is 6.92 Å². The number of hydrogen-bond acceptors (Lipinski definition) is 5. The average Bonchev–Trinajstić information content (AvgIpc) is 3.05. The average molecular weight is 417 g/mol. The minimum Gasteiger partial charge on any atom is -0.388 e. The molecule has 0 aromatic rings. The van der Waals surface area contributed by atoms with Crippen LogP contribution in [0, 0.1) is 0 Å². The fraction of sp³-hybridized carbons (Fsp3) is 1.00. The van der Waals surface area contributed by atoms with Crippen LogP contribution < -0.4 is 0 Å². The van der Waals surface area contributed by atoms with E-state index in [4.69, 9.17) is 9.47 Å². The van der Waals surface area contributed by atoms with Gasteiger partial charge in [0, 0.05) is 6.61 Å². The second-order valence-electron chi connectivity index (χ2n) is 8.80. The van der Waals surface area contributed by atoms with Crippen LogP contribution in [-0.4, -0.2) is 59.6 Å². The fourth-order valence-corrected chi connectivity index (χ4v) is 4.02. The maximum absolute atomic E-state index is 9.95. The first-order valence-corrected chi connectivity index (χ1v) is 12.4. The lowest BCUT2D eigenvalue weighted by Crippen LogP contribution is -2.40. The molecule has 0 radical (unpaired) electrons. The first kappa shape index (κ1) is 26.8. The molecule has 0 bridgehead atoms. The van der Waals surface area contributed by atoms with E-state index in [0.717, 1.165) is 12.8 Å². The lowest BCUT2D eigenvalue weighted by Gasteiger charge is -2.20. The molecular formula is C24H48O5. The van der Waals surface area contributed by atoms with Gasteiger partial charge in [0.1, 0.15) is 24.4 Å². The van der Waals surface area contributed by atoms with Crippen molar-refractivity contribution in [2.24, 2.45) is 0 Å². The molecule has 0 unspecified atom stereocenters. The highest BCUT2D eigenvalue weighted by Crippen LogP contribution is 2.18. The van der Waals surface area contributed by atoms with Crippen LogP contribution in [0.3, 0.4) is 0 Å². The van der Waals surface area contributed by atoms with Gasteiger partial charge in [0.25, 0.3) is 0 Å². The first-order chi connectivity index (χ1) is 14.2. The van der Waals surface area contributed by atoms with E-state index in [1.165, 1.54) is 89.9 Å². The van der Waals surface area contributed by atoms with E-state index >= 15 is 0 Å². The second-order valence-corrected chi connectivity index (χ2v) is 8.80. The number of unbranched alkanes of at least 4 members (excludes halogenated alkanes) is 15. The van der Waals surface area contributed by atoms with E-state index in [1.54, 1.807) is 0 Å². The molecule has 0 saturated carbocycles. The third kappa shape index (κ3) is 13.7. The van der Waals surface area contributed by atoms with Gasteiger partial charge >= 0.3 is 0 Å². The van der Waals surface area contributed by atoms with Crippen molar-refractivity contribution in [3.8, 4) is 0 Å².